The number of hydrogen-bond donors (Lipinski definition) is 6. The van der Waals surface area contributed by atoms with Gasteiger partial charge < -0.3 is 30.7 Å². The zero-order chi connectivity index (χ0) is 35.5. The zero-order valence-corrected chi connectivity index (χ0v) is 28.5. The van der Waals surface area contributed by atoms with Crippen molar-refractivity contribution < 1.29 is 52.3 Å². The largest absolute Gasteiger partial charge is 0.480 e. The Hall–Kier alpha value is -2.74. The Balaban J connectivity index is 0. The molecule has 0 atom stereocenters. The fraction of sp³-hybridized carbons (Fsp3) is 0.821. The third-order valence-electron chi connectivity index (χ3n) is 6.55. The maximum Gasteiger partial charge on any atom is 0.317 e. The lowest BCUT2D eigenvalue weighted by Gasteiger charge is -2.32. The molecule has 0 unspecified atom stereocenters. The number of aldehydes is 1. The third kappa shape index (κ3) is 31.3. The van der Waals surface area contributed by atoms with Crippen LogP contribution >= 0.6 is 0 Å². The molecule has 0 spiro atoms. The smallest absolute Gasteiger partial charge is 0.317 e. The quantitative estimate of drug-likeness (QED) is 0.0594. The van der Waals surface area contributed by atoms with Gasteiger partial charge in [0.1, 0.15) is 6.29 Å². The Labute approximate surface area is 273 Å². The number of carbonyl (C=O) groups is 5. The summed E-state index contributed by atoms with van der Waals surface area (Å²) in [5.74, 6) is -1.63. The van der Waals surface area contributed by atoms with Crippen molar-refractivity contribution in [2.75, 3.05) is 105 Å². The summed E-state index contributed by atoms with van der Waals surface area (Å²) in [6.45, 7) is 8.48. The van der Waals surface area contributed by atoms with E-state index >= 15 is 0 Å². The van der Waals surface area contributed by atoms with Gasteiger partial charge in [-0.15, -0.1) is 0 Å². The Bertz CT molecular complexity index is 945. The van der Waals surface area contributed by atoms with Crippen LogP contribution in [0.25, 0.3) is 0 Å². The molecule has 1 aliphatic rings. The van der Waals surface area contributed by atoms with Gasteiger partial charge in [-0.2, -0.15) is 8.42 Å². The molecule has 17 nitrogen and oxygen atoms in total. The molecule has 6 N–H and O–H groups in total. The molecule has 270 valence electrons. The first kappa shape index (κ1) is 45.4. The highest BCUT2D eigenvalue weighted by Gasteiger charge is 2.20. The number of carboxylic acid groups (broad SMARTS) is 2. The van der Waals surface area contributed by atoms with Crippen LogP contribution in [0.3, 0.4) is 0 Å². The molecule has 0 aliphatic carbocycles. The minimum atomic E-state index is -3.67. The van der Waals surface area contributed by atoms with E-state index in [0.29, 0.717) is 71.1 Å². The zero-order valence-electron chi connectivity index (χ0n) is 27.7. The number of carbonyl (C=O) groups excluding carboxylic acids is 3. The minimum absolute atomic E-state index is 0.0515. The third-order valence-corrected chi connectivity index (χ3v) is 6.55. The molecule has 1 fully saturated rings. The van der Waals surface area contributed by atoms with Crippen molar-refractivity contribution in [1.82, 2.24) is 30.2 Å². The van der Waals surface area contributed by atoms with Gasteiger partial charge in [0.15, 0.2) is 0 Å². The predicted octanol–water partition coefficient (Wildman–Crippen LogP) is -1.86. The topological polar surface area (TPSA) is 237 Å². The van der Waals surface area contributed by atoms with Gasteiger partial charge >= 0.3 is 11.9 Å². The number of nitrogens with one attached hydrogen (secondary N) is 2. The van der Waals surface area contributed by atoms with E-state index in [1.807, 2.05) is 9.80 Å². The number of aliphatic hydroxyl groups is 1. The SMILES string of the molecule is CC(C)CCCCNC(=O)CCNC(=O)CN1CCN(CC(=O)O)CCN(CC=O)CCN(CC(=O)O)CC1.CO.CS(=O)(=O)O. The highest BCUT2D eigenvalue weighted by atomic mass is 32.2. The van der Waals surface area contributed by atoms with Crippen molar-refractivity contribution in [3.05, 3.63) is 0 Å². The van der Waals surface area contributed by atoms with Crippen LogP contribution in [0.5, 0.6) is 0 Å². The summed E-state index contributed by atoms with van der Waals surface area (Å²) >= 11 is 0. The first-order chi connectivity index (χ1) is 21.6. The molecule has 2 amide bonds. The maximum atomic E-state index is 12.6. The molecule has 0 bridgehead atoms. The number of carboxylic acids is 2. The van der Waals surface area contributed by atoms with Gasteiger partial charge in [0.05, 0.1) is 32.4 Å². The molecule has 0 radical (unpaired) electrons. The second-order valence-electron chi connectivity index (χ2n) is 11.2. The molecule has 1 heterocycles. The number of rotatable bonds is 16. The molecule has 0 aromatic heterocycles. The molecule has 0 saturated carbocycles. The van der Waals surface area contributed by atoms with E-state index in [1.165, 1.54) is 0 Å². The Morgan fingerprint density at radius 2 is 1.11 bits per heavy atom. The van der Waals surface area contributed by atoms with Crippen molar-refractivity contribution in [2.45, 2.75) is 39.5 Å². The summed E-state index contributed by atoms with van der Waals surface area (Å²) in [5.41, 5.74) is 0. The molecule has 1 aliphatic heterocycles. The van der Waals surface area contributed by atoms with Crippen molar-refractivity contribution in [2.24, 2.45) is 5.92 Å². The molecule has 1 rings (SSSR count). The predicted molar refractivity (Wildman–Crippen MR) is 172 cm³/mol. The summed E-state index contributed by atoms with van der Waals surface area (Å²) in [4.78, 5) is 65.8. The first-order valence-corrected chi connectivity index (χ1v) is 17.1. The van der Waals surface area contributed by atoms with Crippen LogP contribution in [0.2, 0.25) is 0 Å². The lowest BCUT2D eigenvalue weighted by molar-refractivity contribution is -0.139. The monoisotopic (exact) mass is 684 g/mol. The second kappa shape index (κ2) is 27.4. The summed E-state index contributed by atoms with van der Waals surface area (Å²) in [6.07, 6.45) is 4.81. The standard InChI is InChI=1S/C26H48N6O7.CH4O3S.CH4O/c1-22(2)5-3-4-7-27-23(34)6-8-28-24(35)19-30-13-15-31(20-25(36)37)11-9-29(17-18-33)10-12-32(16-14-30)21-26(38)39;1-5(2,3)4;1-2/h18,22H,3-17,19-21H2,1-2H3,(H,27,34)(H,28,35)(H,36,37)(H,38,39);1H3,(H,2,3,4);2H,1H3. The lowest BCUT2D eigenvalue weighted by Crippen LogP contribution is -2.49. The number of aliphatic carboxylic acids is 2. The van der Waals surface area contributed by atoms with E-state index in [1.54, 1.807) is 9.80 Å². The van der Waals surface area contributed by atoms with Crippen LogP contribution in [-0.4, -0.2) is 183 Å². The number of aliphatic hydroxyl groups excluding tert-OH is 1. The molecule has 46 heavy (non-hydrogen) atoms. The van der Waals surface area contributed by atoms with E-state index in [9.17, 15) is 42.6 Å². The molecule has 18 heteroatoms. The average Bonchev–Trinajstić information content (AvgIpc) is 2.93. The van der Waals surface area contributed by atoms with Crippen LogP contribution in [0.4, 0.5) is 0 Å². The maximum absolute atomic E-state index is 12.6. The number of unbranched alkanes of at least 4 members (excludes halogenated alkanes) is 1. The van der Waals surface area contributed by atoms with Gasteiger partial charge in [-0.3, -0.25) is 43.3 Å². The van der Waals surface area contributed by atoms with Crippen LogP contribution < -0.4 is 10.6 Å². The average molecular weight is 685 g/mol. The van der Waals surface area contributed by atoms with Crippen LogP contribution in [-0.2, 0) is 34.1 Å². The Morgan fingerprint density at radius 1 is 0.717 bits per heavy atom. The second-order valence-corrected chi connectivity index (χ2v) is 12.6. The molecular formula is C28H56N6O11S. The van der Waals surface area contributed by atoms with Crippen LogP contribution in [0, 0.1) is 5.92 Å². The number of amides is 2. The summed E-state index contributed by atoms with van der Waals surface area (Å²) in [5, 5.41) is 31.3. The van der Waals surface area contributed by atoms with Crippen LogP contribution in [0.15, 0.2) is 0 Å². The van der Waals surface area contributed by atoms with Gasteiger partial charge in [-0.05, 0) is 12.3 Å². The fourth-order valence-electron chi connectivity index (χ4n) is 4.29. The molecule has 0 aromatic carbocycles. The van der Waals surface area contributed by atoms with E-state index in [2.05, 4.69) is 24.5 Å². The van der Waals surface area contributed by atoms with Gasteiger partial charge in [0, 0.05) is 79.0 Å². The highest BCUT2D eigenvalue weighted by Crippen LogP contribution is 2.05. The fourth-order valence-corrected chi connectivity index (χ4v) is 4.29. The van der Waals surface area contributed by atoms with Gasteiger partial charge in [0.2, 0.25) is 11.8 Å². The number of hydrogen-bond acceptors (Lipinski definition) is 12. The Kier molecular flexibility index (Phi) is 27.0. The summed E-state index contributed by atoms with van der Waals surface area (Å²) in [6, 6.07) is 0. The van der Waals surface area contributed by atoms with E-state index in [0.717, 1.165) is 32.7 Å². The Morgan fingerprint density at radius 3 is 1.50 bits per heavy atom. The van der Waals surface area contributed by atoms with Crippen molar-refractivity contribution in [3.63, 3.8) is 0 Å². The highest BCUT2D eigenvalue weighted by molar-refractivity contribution is 7.85. The minimum Gasteiger partial charge on any atom is -0.480 e. The van der Waals surface area contributed by atoms with E-state index < -0.39 is 22.1 Å². The van der Waals surface area contributed by atoms with Gasteiger partial charge in [-0.1, -0.05) is 26.7 Å². The van der Waals surface area contributed by atoms with E-state index in [4.69, 9.17) is 9.66 Å². The number of nitrogens with zero attached hydrogens (tertiary/aromatic N) is 4. The van der Waals surface area contributed by atoms with Crippen molar-refractivity contribution in [3.8, 4) is 0 Å². The van der Waals surface area contributed by atoms with Crippen molar-refractivity contribution >= 4 is 40.2 Å². The van der Waals surface area contributed by atoms with E-state index in [-0.39, 0.29) is 51.0 Å². The van der Waals surface area contributed by atoms with Crippen molar-refractivity contribution in [1.29, 1.82) is 0 Å². The molecular weight excluding hydrogens is 628 g/mol. The first-order valence-electron chi connectivity index (χ1n) is 15.3. The summed E-state index contributed by atoms with van der Waals surface area (Å²) < 4.78 is 25.9. The van der Waals surface area contributed by atoms with Crippen LogP contribution in [0.1, 0.15) is 39.5 Å². The van der Waals surface area contributed by atoms with Gasteiger partial charge in [0.25, 0.3) is 10.1 Å². The summed E-state index contributed by atoms with van der Waals surface area (Å²) in [7, 11) is -2.67. The molecule has 1 saturated heterocycles. The lowest BCUT2D eigenvalue weighted by atomic mass is 10.1. The van der Waals surface area contributed by atoms with Gasteiger partial charge in [-0.25, -0.2) is 0 Å². The normalized spacial score (nSPS) is 16.0. The molecule has 0 aromatic rings.